The molecule has 0 spiro atoms. The second-order valence-electron chi connectivity index (χ2n) is 16.0. The van der Waals surface area contributed by atoms with Gasteiger partial charge in [-0.25, -0.2) is 0 Å². The van der Waals surface area contributed by atoms with Gasteiger partial charge in [-0.2, -0.15) is 17.5 Å². The van der Waals surface area contributed by atoms with Crippen LogP contribution in [0, 0.1) is 18.8 Å². The third-order valence-corrected chi connectivity index (χ3v) is 12.8. The summed E-state index contributed by atoms with van der Waals surface area (Å²) in [6.07, 6.45) is 0. The van der Waals surface area contributed by atoms with Gasteiger partial charge in [0.15, 0.2) is 0 Å². The normalized spacial score (nSPS) is 10.9. The van der Waals surface area contributed by atoms with Gasteiger partial charge >= 0.3 is 0 Å². The van der Waals surface area contributed by atoms with Crippen molar-refractivity contribution in [3.05, 3.63) is 263 Å². The molecule has 0 N–H and O–H groups in total. The van der Waals surface area contributed by atoms with Gasteiger partial charge in [-0.3, -0.25) is 0 Å². The molecule has 0 amide bonds. The summed E-state index contributed by atoms with van der Waals surface area (Å²) in [7, 11) is 0. The largest absolute Gasteiger partial charge is 0.308 e. The van der Waals surface area contributed by atoms with Gasteiger partial charge < -0.3 is 9.80 Å². The lowest BCUT2D eigenvalue weighted by Gasteiger charge is -2.26. The highest BCUT2D eigenvalue weighted by Gasteiger charge is 2.22. The average Bonchev–Trinajstić information content (AvgIpc) is 4.11. The molecule has 2 heterocycles. The molecule has 0 saturated carbocycles. The quantitative estimate of drug-likeness (QED) is 0.101. The number of hydrogen-bond acceptors (Lipinski definition) is 8. The summed E-state index contributed by atoms with van der Waals surface area (Å²) in [6.45, 7) is 2.10. The molecule has 318 valence electrons. The standard InChI is InChI=1S/C59H40N6S2/c1-41-27-35-50(36-28-41)64(48-23-13-5-14-24-48)52-39-33-46(56-58(52)62-66-60-56)29-30-47-34-40-53(59-57(47)61-67-63-59)65(49-25-15-6-16-26-49)51-37-31-45(32-38-51)55(44-21-11-4-12-22-44)54(42-17-7-2-8-18-42)43-19-9-3-10-20-43/h2-28,31-40H,1H3. The first-order chi connectivity index (χ1) is 33.2. The predicted octanol–water partition coefficient (Wildman–Crippen LogP) is 15.4. The van der Waals surface area contributed by atoms with Crippen LogP contribution in [0.5, 0.6) is 0 Å². The molecule has 0 radical (unpaired) electrons. The number of aromatic nitrogens is 4. The Bertz CT molecular complexity index is 3520. The lowest BCUT2D eigenvalue weighted by molar-refractivity contribution is 1.28. The molecule has 0 fully saturated rings. The lowest BCUT2D eigenvalue weighted by Crippen LogP contribution is -2.11. The Morgan fingerprint density at radius 2 is 0.642 bits per heavy atom. The third-order valence-electron chi connectivity index (χ3n) is 11.8. The SMILES string of the molecule is Cc1ccc(N(c2ccccc2)c2ccc(C#Cc3ccc(N(c4ccccc4)c4ccc(C(=C(c5ccccc5)c5ccccc5)c5ccccc5)cc4)c4nsnc34)c3nsnc23)cc1. The van der Waals surface area contributed by atoms with E-state index in [-0.39, 0.29) is 0 Å². The summed E-state index contributed by atoms with van der Waals surface area (Å²) in [5.41, 5.74) is 18.7. The molecule has 9 aromatic carbocycles. The van der Waals surface area contributed by atoms with E-state index < -0.39 is 0 Å². The van der Waals surface area contributed by atoms with Gasteiger partial charge in [-0.15, -0.1) is 0 Å². The molecule has 11 rings (SSSR count). The van der Waals surface area contributed by atoms with E-state index in [4.69, 9.17) is 17.5 Å². The van der Waals surface area contributed by atoms with Gasteiger partial charge in [0.2, 0.25) is 0 Å². The van der Waals surface area contributed by atoms with Crippen LogP contribution >= 0.6 is 23.5 Å². The van der Waals surface area contributed by atoms with E-state index >= 15 is 0 Å². The number of benzene rings is 9. The molecule has 0 bridgehead atoms. The Balaban J connectivity index is 0.985. The van der Waals surface area contributed by atoms with Crippen LogP contribution < -0.4 is 9.80 Å². The van der Waals surface area contributed by atoms with Crippen LogP contribution in [-0.4, -0.2) is 17.5 Å². The molecule has 0 aliphatic carbocycles. The Labute approximate surface area is 398 Å². The molecule has 0 unspecified atom stereocenters. The van der Waals surface area contributed by atoms with Crippen LogP contribution in [0.4, 0.5) is 34.1 Å². The Kier molecular flexibility index (Phi) is 11.4. The monoisotopic (exact) mass is 896 g/mol. The molecule has 0 aliphatic heterocycles. The molecule has 67 heavy (non-hydrogen) atoms. The zero-order chi connectivity index (χ0) is 44.9. The van der Waals surface area contributed by atoms with Crippen LogP contribution in [-0.2, 0) is 0 Å². The zero-order valence-electron chi connectivity index (χ0n) is 36.4. The highest BCUT2D eigenvalue weighted by molar-refractivity contribution is 7.00. The van der Waals surface area contributed by atoms with Gasteiger partial charge in [0.25, 0.3) is 0 Å². The van der Waals surface area contributed by atoms with E-state index in [1.54, 1.807) is 0 Å². The van der Waals surface area contributed by atoms with Gasteiger partial charge in [-0.1, -0.05) is 169 Å². The van der Waals surface area contributed by atoms with Crippen LogP contribution in [0.3, 0.4) is 0 Å². The Morgan fingerprint density at radius 3 is 1.03 bits per heavy atom. The van der Waals surface area contributed by atoms with Crippen molar-refractivity contribution in [2.24, 2.45) is 0 Å². The van der Waals surface area contributed by atoms with E-state index in [2.05, 4.69) is 235 Å². The summed E-state index contributed by atoms with van der Waals surface area (Å²) in [4.78, 5) is 4.48. The van der Waals surface area contributed by atoms with E-state index in [0.29, 0.717) is 0 Å². The number of anilines is 6. The predicted molar refractivity (Wildman–Crippen MR) is 279 cm³/mol. The van der Waals surface area contributed by atoms with E-state index in [1.807, 2.05) is 18.2 Å². The maximum Gasteiger partial charge on any atom is 0.130 e. The molecule has 0 aliphatic rings. The highest BCUT2D eigenvalue weighted by Crippen LogP contribution is 2.43. The maximum absolute atomic E-state index is 4.91. The van der Waals surface area contributed by atoms with Crippen molar-refractivity contribution >= 4 is 90.8 Å². The van der Waals surface area contributed by atoms with Gasteiger partial charge in [-0.05, 0) is 113 Å². The molecular formula is C59H40N6S2. The number of rotatable bonds is 10. The number of hydrogen-bond donors (Lipinski definition) is 0. The maximum atomic E-state index is 4.91. The molecule has 0 saturated heterocycles. The highest BCUT2D eigenvalue weighted by atomic mass is 32.1. The van der Waals surface area contributed by atoms with Crippen molar-refractivity contribution in [3.63, 3.8) is 0 Å². The fourth-order valence-corrected chi connectivity index (χ4v) is 9.75. The van der Waals surface area contributed by atoms with Crippen molar-refractivity contribution in [2.45, 2.75) is 6.92 Å². The second kappa shape index (κ2) is 18.6. The summed E-state index contributed by atoms with van der Waals surface area (Å²) < 4.78 is 19.3. The topological polar surface area (TPSA) is 58.0 Å². The van der Waals surface area contributed by atoms with Crippen LogP contribution in [0.25, 0.3) is 33.2 Å². The molecule has 2 aromatic heterocycles. The van der Waals surface area contributed by atoms with E-state index in [0.717, 1.165) is 95.1 Å². The first-order valence-electron chi connectivity index (χ1n) is 22.0. The smallest absolute Gasteiger partial charge is 0.130 e. The van der Waals surface area contributed by atoms with Crippen LogP contribution in [0.15, 0.2) is 224 Å². The summed E-state index contributed by atoms with van der Waals surface area (Å²) >= 11 is 2.39. The van der Waals surface area contributed by atoms with Gasteiger partial charge in [0, 0.05) is 22.7 Å². The first-order valence-corrected chi connectivity index (χ1v) is 23.4. The first kappa shape index (κ1) is 41.2. The molecular weight excluding hydrogens is 857 g/mol. The van der Waals surface area contributed by atoms with Gasteiger partial charge in [0.05, 0.1) is 46.0 Å². The number of para-hydroxylation sites is 2. The second-order valence-corrected chi connectivity index (χ2v) is 17.1. The average molecular weight is 897 g/mol. The molecule has 8 heteroatoms. The zero-order valence-corrected chi connectivity index (χ0v) is 38.0. The summed E-state index contributed by atoms with van der Waals surface area (Å²) in [5, 5.41) is 0. The third kappa shape index (κ3) is 8.26. The van der Waals surface area contributed by atoms with Crippen LogP contribution in [0.1, 0.15) is 38.9 Å². The van der Waals surface area contributed by atoms with Crippen molar-refractivity contribution in [1.82, 2.24) is 17.5 Å². The number of aryl methyl sites for hydroxylation is 1. The summed E-state index contributed by atoms with van der Waals surface area (Å²) in [5.74, 6) is 6.92. The summed E-state index contributed by atoms with van der Waals surface area (Å²) in [6, 6.07) is 78.5. The Hall–Kier alpha value is -8.48. The van der Waals surface area contributed by atoms with Crippen molar-refractivity contribution in [2.75, 3.05) is 9.80 Å². The molecule has 6 nitrogen and oxygen atoms in total. The van der Waals surface area contributed by atoms with E-state index in [1.165, 1.54) is 34.6 Å². The van der Waals surface area contributed by atoms with Crippen molar-refractivity contribution in [1.29, 1.82) is 0 Å². The van der Waals surface area contributed by atoms with Crippen molar-refractivity contribution < 1.29 is 0 Å². The minimum Gasteiger partial charge on any atom is -0.308 e. The van der Waals surface area contributed by atoms with E-state index in [9.17, 15) is 0 Å². The molecule has 11 aromatic rings. The minimum atomic E-state index is 0.746. The number of nitrogens with zero attached hydrogens (tertiary/aromatic N) is 6. The lowest BCUT2D eigenvalue weighted by atomic mass is 9.86. The fraction of sp³-hybridized carbons (Fsp3) is 0.0169. The van der Waals surface area contributed by atoms with Gasteiger partial charge in [0.1, 0.15) is 22.1 Å². The Morgan fingerprint density at radius 1 is 0.328 bits per heavy atom. The van der Waals surface area contributed by atoms with Crippen molar-refractivity contribution in [3.8, 4) is 11.8 Å². The number of fused-ring (bicyclic) bond motifs is 2. The molecule has 0 atom stereocenters. The van der Waals surface area contributed by atoms with Crippen LogP contribution in [0.2, 0.25) is 0 Å². The minimum absolute atomic E-state index is 0.746. The fourth-order valence-electron chi connectivity index (χ4n) is 8.61.